The van der Waals surface area contributed by atoms with E-state index in [1.165, 1.54) is 0 Å². The van der Waals surface area contributed by atoms with Crippen LogP contribution in [0, 0.1) is 12.3 Å². The van der Waals surface area contributed by atoms with Crippen molar-refractivity contribution >= 4 is 40.6 Å². The molecule has 1 aliphatic rings. The highest BCUT2D eigenvalue weighted by atomic mass is 35.5. The molecule has 2 heterocycles. The van der Waals surface area contributed by atoms with E-state index >= 15 is 0 Å². The molecule has 26 heavy (non-hydrogen) atoms. The van der Waals surface area contributed by atoms with E-state index in [9.17, 15) is 5.11 Å². The molecule has 0 unspecified atom stereocenters. The van der Waals surface area contributed by atoms with E-state index in [4.69, 9.17) is 39.8 Å². The summed E-state index contributed by atoms with van der Waals surface area (Å²) in [5.74, 6) is 0.750. The first-order chi connectivity index (χ1) is 12.2. The van der Waals surface area contributed by atoms with E-state index in [2.05, 4.69) is 23.7 Å². The van der Waals surface area contributed by atoms with Crippen molar-refractivity contribution in [3.8, 4) is 11.3 Å². The van der Waals surface area contributed by atoms with Crippen LogP contribution in [0.25, 0.3) is 11.3 Å². The van der Waals surface area contributed by atoms with Gasteiger partial charge in [0.2, 0.25) is 0 Å². The molecule has 4 nitrogen and oxygen atoms in total. The molecule has 3 rings (SSSR count). The summed E-state index contributed by atoms with van der Waals surface area (Å²) in [7, 11) is 0. The Morgan fingerprint density at radius 2 is 1.73 bits per heavy atom. The second-order valence-electron chi connectivity index (χ2n) is 7.46. The van der Waals surface area contributed by atoms with Crippen LogP contribution in [0.15, 0.2) is 12.1 Å². The number of benzene rings is 1. The molecule has 1 N–H and O–H groups in total. The highest BCUT2D eigenvalue weighted by Crippen LogP contribution is 2.39. The molecule has 1 aromatic carbocycles. The summed E-state index contributed by atoms with van der Waals surface area (Å²) in [5, 5.41) is 10.9. The summed E-state index contributed by atoms with van der Waals surface area (Å²) in [6, 6.07) is 3.46. The number of halogens is 3. The van der Waals surface area contributed by atoms with Crippen molar-refractivity contribution in [1.82, 2.24) is 9.97 Å². The molecule has 0 amide bonds. The first kappa shape index (κ1) is 19.7. The molecule has 2 aromatic rings. The summed E-state index contributed by atoms with van der Waals surface area (Å²) in [6.45, 7) is 8.07. The molecule has 0 spiro atoms. The molecule has 1 saturated heterocycles. The molecule has 0 bridgehead atoms. The van der Waals surface area contributed by atoms with Gasteiger partial charge in [0.25, 0.3) is 0 Å². The lowest BCUT2D eigenvalue weighted by atomic mass is 9.82. The van der Waals surface area contributed by atoms with Crippen molar-refractivity contribution in [1.29, 1.82) is 0 Å². The number of aryl methyl sites for hydroxylation is 1. The summed E-state index contributed by atoms with van der Waals surface area (Å²) in [6.07, 6.45) is 2.16. The second kappa shape index (κ2) is 7.51. The molecular formula is C19H22Cl3N3O. The summed E-state index contributed by atoms with van der Waals surface area (Å²) in [5.41, 5.74) is 2.90. The quantitative estimate of drug-likeness (QED) is 0.671. The molecule has 7 heteroatoms. The number of anilines is 1. The number of hydrogen-bond acceptors (Lipinski definition) is 4. The number of hydrogen-bond donors (Lipinski definition) is 1. The highest BCUT2D eigenvalue weighted by molar-refractivity contribution is 6.49. The minimum Gasteiger partial charge on any atom is -0.390 e. The number of aliphatic hydroxyl groups is 1. The normalized spacial score (nSPS) is 16.8. The van der Waals surface area contributed by atoms with Gasteiger partial charge in [-0.2, -0.15) is 0 Å². The Balaban J connectivity index is 2.02. The average Bonchev–Trinajstić information content (AvgIpc) is 2.60. The Hall–Kier alpha value is -1.07. The zero-order chi connectivity index (χ0) is 19.1. The van der Waals surface area contributed by atoms with E-state index in [-0.39, 0.29) is 6.61 Å². The van der Waals surface area contributed by atoms with Crippen molar-refractivity contribution in [2.75, 3.05) is 18.0 Å². The molecule has 1 aliphatic heterocycles. The van der Waals surface area contributed by atoms with Gasteiger partial charge in [0.15, 0.2) is 5.82 Å². The summed E-state index contributed by atoms with van der Waals surface area (Å²) in [4.78, 5) is 11.6. The van der Waals surface area contributed by atoms with E-state index in [0.29, 0.717) is 37.4 Å². The fourth-order valence-electron chi connectivity index (χ4n) is 3.19. The Kier molecular flexibility index (Phi) is 5.69. The molecular weight excluding hydrogens is 393 g/mol. The predicted octanol–water partition coefficient (Wildman–Crippen LogP) is 5.53. The van der Waals surface area contributed by atoms with Gasteiger partial charge in [-0.05, 0) is 37.3 Å². The molecule has 0 aliphatic carbocycles. The van der Waals surface area contributed by atoms with Gasteiger partial charge in [-0.3, -0.25) is 0 Å². The molecule has 1 aromatic heterocycles. The monoisotopic (exact) mass is 413 g/mol. The van der Waals surface area contributed by atoms with Crippen LogP contribution in [0.4, 0.5) is 5.82 Å². The van der Waals surface area contributed by atoms with E-state index in [0.717, 1.165) is 37.4 Å². The second-order valence-corrected chi connectivity index (χ2v) is 8.62. The van der Waals surface area contributed by atoms with Gasteiger partial charge < -0.3 is 10.0 Å². The van der Waals surface area contributed by atoms with Crippen molar-refractivity contribution in [2.45, 2.75) is 40.2 Å². The Morgan fingerprint density at radius 1 is 1.08 bits per heavy atom. The standard InChI is InChI=1S/C19H22Cl3N3O/c1-11-17(12-4-5-13(20)16(22)15(12)21)24-14(10-26)18(23-11)25-8-6-19(2,3)7-9-25/h4-5,26H,6-10H2,1-3H3. The fourth-order valence-corrected chi connectivity index (χ4v) is 3.81. The Morgan fingerprint density at radius 3 is 2.35 bits per heavy atom. The zero-order valence-electron chi connectivity index (χ0n) is 15.1. The van der Waals surface area contributed by atoms with Crippen LogP contribution in [0.5, 0.6) is 0 Å². The van der Waals surface area contributed by atoms with Gasteiger partial charge in [-0.1, -0.05) is 48.7 Å². The molecule has 0 radical (unpaired) electrons. The number of rotatable bonds is 3. The first-order valence-corrected chi connectivity index (χ1v) is 9.74. The van der Waals surface area contributed by atoms with Gasteiger partial charge in [0, 0.05) is 18.7 Å². The maximum Gasteiger partial charge on any atom is 0.153 e. The van der Waals surface area contributed by atoms with Gasteiger partial charge in [-0.15, -0.1) is 0 Å². The van der Waals surface area contributed by atoms with Crippen LogP contribution in [0.1, 0.15) is 38.1 Å². The third-order valence-corrected chi connectivity index (χ3v) is 6.27. The minimum absolute atomic E-state index is 0.186. The van der Waals surface area contributed by atoms with Crippen LogP contribution in [-0.4, -0.2) is 28.2 Å². The molecule has 0 saturated carbocycles. The van der Waals surface area contributed by atoms with Crippen molar-refractivity contribution < 1.29 is 5.11 Å². The van der Waals surface area contributed by atoms with Crippen LogP contribution < -0.4 is 4.90 Å². The van der Waals surface area contributed by atoms with Crippen molar-refractivity contribution in [3.63, 3.8) is 0 Å². The lowest BCUT2D eigenvalue weighted by molar-refractivity contribution is 0.268. The first-order valence-electron chi connectivity index (χ1n) is 8.61. The number of piperidine rings is 1. The zero-order valence-corrected chi connectivity index (χ0v) is 17.4. The lowest BCUT2D eigenvalue weighted by Gasteiger charge is -2.38. The number of nitrogens with zero attached hydrogens (tertiary/aromatic N) is 3. The Labute approximate surface area is 169 Å². The van der Waals surface area contributed by atoms with Gasteiger partial charge in [0.05, 0.1) is 33.1 Å². The van der Waals surface area contributed by atoms with Crippen molar-refractivity contribution in [2.24, 2.45) is 5.41 Å². The van der Waals surface area contributed by atoms with Gasteiger partial charge in [-0.25, -0.2) is 9.97 Å². The smallest absolute Gasteiger partial charge is 0.153 e. The van der Waals surface area contributed by atoms with Gasteiger partial charge in [0.1, 0.15) is 5.69 Å². The van der Waals surface area contributed by atoms with Gasteiger partial charge >= 0.3 is 0 Å². The lowest BCUT2D eigenvalue weighted by Crippen LogP contribution is -2.38. The SMILES string of the molecule is Cc1nc(N2CCC(C)(C)CC2)c(CO)nc1-c1ccc(Cl)c(Cl)c1Cl. The van der Waals surface area contributed by atoms with Crippen molar-refractivity contribution in [3.05, 3.63) is 38.6 Å². The van der Waals surface area contributed by atoms with Crippen LogP contribution >= 0.6 is 34.8 Å². The maximum atomic E-state index is 9.87. The maximum absolute atomic E-state index is 9.87. The number of aromatic nitrogens is 2. The molecule has 1 fully saturated rings. The molecule has 0 atom stereocenters. The number of aliphatic hydroxyl groups excluding tert-OH is 1. The van der Waals surface area contributed by atoms with E-state index < -0.39 is 0 Å². The summed E-state index contributed by atoms with van der Waals surface area (Å²) >= 11 is 18.6. The average molecular weight is 415 g/mol. The highest BCUT2D eigenvalue weighted by Gasteiger charge is 2.28. The van der Waals surface area contributed by atoms with Crippen LogP contribution in [-0.2, 0) is 6.61 Å². The van der Waals surface area contributed by atoms with E-state index in [1.807, 2.05) is 6.92 Å². The largest absolute Gasteiger partial charge is 0.390 e. The minimum atomic E-state index is -0.186. The third kappa shape index (κ3) is 3.79. The van der Waals surface area contributed by atoms with E-state index in [1.54, 1.807) is 12.1 Å². The third-order valence-electron chi connectivity index (χ3n) is 4.98. The topological polar surface area (TPSA) is 49.2 Å². The van der Waals surface area contributed by atoms with Crippen LogP contribution in [0.2, 0.25) is 15.1 Å². The summed E-state index contributed by atoms with van der Waals surface area (Å²) < 4.78 is 0. The van der Waals surface area contributed by atoms with Crippen LogP contribution in [0.3, 0.4) is 0 Å². The predicted molar refractivity (Wildman–Crippen MR) is 108 cm³/mol. The molecule has 140 valence electrons. The Bertz CT molecular complexity index is 829. The fraction of sp³-hybridized carbons (Fsp3) is 0.474.